The molecule has 1 fully saturated rings. The van der Waals surface area contributed by atoms with Gasteiger partial charge in [-0.15, -0.1) is 0 Å². The van der Waals surface area contributed by atoms with Crippen LogP contribution in [0.4, 0.5) is 5.95 Å². The summed E-state index contributed by atoms with van der Waals surface area (Å²) in [6.07, 6.45) is 5.28. The summed E-state index contributed by atoms with van der Waals surface area (Å²) < 4.78 is 41.9. The average molecular weight is 643 g/mol. The number of hydrogen-bond donors (Lipinski definition) is 1. The summed E-state index contributed by atoms with van der Waals surface area (Å²) in [7, 11) is -4.17. The van der Waals surface area contributed by atoms with E-state index < -0.39 is 16.1 Å². The summed E-state index contributed by atoms with van der Waals surface area (Å²) in [6.45, 7) is 10.1. The summed E-state index contributed by atoms with van der Waals surface area (Å²) in [6, 6.07) is 13.2. The van der Waals surface area contributed by atoms with Crippen molar-refractivity contribution in [3.63, 3.8) is 0 Å². The van der Waals surface area contributed by atoms with Gasteiger partial charge in [0.05, 0.1) is 41.7 Å². The highest BCUT2D eigenvalue weighted by molar-refractivity contribution is 7.92. The Bertz CT molecular complexity index is 1840. The summed E-state index contributed by atoms with van der Waals surface area (Å²) in [5.74, 6) is 1.18. The third-order valence-corrected chi connectivity index (χ3v) is 9.78. The van der Waals surface area contributed by atoms with Crippen LogP contribution in [0.1, 0.15) is 60.9 Å². The Morgan fingerprint density at radius 1 is 1.00 bits per heavy atom. The van der Waals surface area contributed by atoms with Gasteiger partial charge in [0.1, 0.15) is 12.4 Å². The third-order valence-electron chi connectivity index (χ3n) is 8.46. The number of ether oxygens (including phenoxy) is 2. The van der Waals surface area contributed by atoms with Crippen LogP contribution in [-0.4, -0.2) is 57.9 Å². The number of aryl methyl sites for hydroxylation is 2. The molecule has 0 spiro atoms. The predicted octanol–water partition coefficient (Wildman–Crippen LogP) is 5.59. The normalized spacial score (nSPS) is 18.4. The van der Waals surface area contributed by atoms with E-state index in [-0.39, 0.29) is 53.4 Å². The molecule has 2 aromatic carbocycles. The Morgan fingerprint density at radius 2 is 1.70 bits per heavy atom. The topological polar surface area (TPSA) is 136 Å². The molecule has 1 N–H and O–H groups in total. The number of sulfonamides is 1. The maximum absolute atomic E-state index is 14.3. The van der Waals surface area contributed by atoms with E-state index in [2.05, 4.69) is 31.6 Å². The number of aromatic nitrogens is 4. The number of amides is 1. The van der Waals surface area contributed by atoms with Crippen molar-refractivity contribution in [2.75, 3.05) is 11.3 Å². The Balaban J connectivity index is 1.46. The highest BCUT2D eigenvalue weighted by Crippen LogP contribution is 2.40. The van der Waals surface area contributed by atoms with Crippen molar-refractivity contribution in [2.45, 2.75) is 71.0 Å². The van der Waals surface area contributed by atoms with Gasteiger partial charge >= 0.3 is 0 Å². The molecule has 1 amide bonds. The lowest BCUT2D eigenvalue weighted by Gasteiger charge is -2.35. The predicted molar refractivity (Wildman–Crippen MR) is 173 cm³/mol. The van der Waals surface area contributed by atoms with E-state index >= 15 is 0 Å². The summed E-state index contributed by atoms with van der Waals surface area (Å²) in [5.41, 5.74) is 3.57. The van der Waals surface area contributed by atoms with Crippen LogP contribution in [0.5, 0.6) is 11.6 Å². The first kappa shape index (κ1) is 31.4. The average Bonchev–Trinajstić information content (AvgIpc) is 3.86. The quantitative estimate of drug-likeness (QED) is 0.274. The summed E-state index contributed by atoms with van der Waals surface area (Å²) >= 11 is 0. The summed E-state index contributed by atoms with van der Waals surface area (Å²) in [4.78, 5) is 34.0. The lowest BCUT2D eigenvalue weighted by molar-refractivity contribution is 0.0456. The first-order valence-electron chi connectivity index (χ1n) is 15.5. The Kier molecular flexibility index (Phi) is 8.65. The number of nitrogens with one attached hydrogen (secondary N) is 1. The van der Waals surface area contributed by atoms with E-state index in [1.165, 1.54) is 12.1 Å². The number of nitrogens with zero attached hydrogens (tertiary/aromatic N) is 5. The molecule has 0 unspecified atom stereocenters. The lowest BCUT2D eigenvalue weighted by Crippen LogP contribution is -2.47. The minimum Gasteiger partial charge on any atom is -0.488 e. The van der Waals surface area contributed by atoms with Gasteiger partial charge in [0.15, 0.2) is 5.75 Å². The van der Waals surface area contributed by atoms with E-state index in [0.717, 1.165) is 29.5 Å². The highest BCUT2D eigenvalue weighted by Gasteiger charge is 2.39. The van der Waals surface area contributed by atoms with E-state index in [1.54, 1.807) is 35.5 Å². The molecule has 2 aliphatic rings. The van der Waals surface area contributed by atoms with Gasteiger partial charge in [-0.2, -0.15) is 4.98 Å². The van der Waals surface area contributed by atoms with E-state index in [9.17, 15) is 13.2 Å². The first-order valence-corrected chi connectivity index (χ1v) is 17.0. The highest BCUT2D eigenvalue weighted by atomic mass is 32.2. The maximum Gasteiger partial charge on any atom is 0.264 e. The molecule has 0 radical (unpaired) electrons. The zero-order chi connectivity index (χ0) is 32.6. The second-order valence-corrected chi connectivity index (χ2v) is 14.0. The van der Waals surface area contributed by atoms with E-state index in [0.29, 0.717) is 23.2 Å². The van der Waals surface area contributed by atoms with Crippen molar-refractivity contribution in [1.29, 1.82) is 0 Å². The molecule has 3 heterocycles. The third kappa shape index (κ3) is 6.81. The van der Waals surface area contributed by atoms with Crippen molar-refractivity contribution in [3.05, 3.63) is 83.4 Å². The van der Waals surface area contributed by atoms with Crippen molar-refractivity contribution in [3.8, 4) is 22.9 Å². The Morgan fingerprint density at radius 3 is 2.37 bits per heavy atom. The number of rotatable bonds is 7. The van der Waals surface area contributed by atoms with Gasteiger partial charge in [-0.25, -0.2) is 28.1 Å². The molecule has 1 aliphatic heterocycles. The fraction of sp³-hybridized carbons (Fsp3) is 0.382. The molecular weight excluding hydrogens is 604 g/mol. The molecule has 2 aromatic heterocycles. The fourth-order valence-electron chi connectivity index (χ4n) is 5.91. The second-order valence-electron chi connectivity index (χ2n) is 12.3. The van der Waals surface area contributed by atoms with Crippen LogP contribution in [0.25, 0.3) is 11.3 Å². The zero-order valence-electron chi connectivity index (χ0n) is 26.6. The number of carbonyl (C=O) groups is 1. The number of fused-ring (bicyclic) bond motifs is 4. The number of benzene rings is 2. The summed E-state index contributed by atoms with van der Waals surface area (Å²) in [5, 5.41) is 0. The Labute approximate surface area is 269 Å². The van der Waals surface area contributed by atoms with Crippen LogP contribution in [0.2, 0.25) is 0 Å². The fourth-order valence-corrected chi connectivity index (χ4v) is 6.90. The van der Waals surface area contributed by atoms with Gasteiger partial charge in [-0.3, -0.25) is 4.79 Å². The molecule has 0 saturated heterocycles. The van der Waals surface area contributed by atoms with Gasteiger partial charge in [0.2, 0.25) is 11.8 Å². The van der Waals surface area contributed by atoms with Gasteiger partial charge < -0.3 is 14.4 Å². The van der Waals surface area contributed by atoms with Gasteiger partial charge in [0, 0.05) is 17.2 Å². The SMILES string of the molecule is Cc1cccc(C)c1-c1cc2nc(n1)NS(=O)(=O)c1cccc(c1)C(=O)N(Cc1ncc(OC(C)C)cn1)[C@H]([C@@H](C)C1CC1)CO2. The second kappa shape index (κ2) is 12.7. The molecule has 6 rings (SSSR count). The van der Waals surface area contributed by atoms with E-state index in [4.69, 9.17) is 9.47 Å². The number of hydrogen-bond acceptors (Lipinski definition) is 9. The molecule has 12 heteroatoms. The molecule has 1 aliphatic carbocycles. The van der Waals surface area contributed by atoms with Gasteiger partial charge in [-0.1, -0.05) is 31.2 Å². The van der Waals surface area contributed by atoms with Crippen molar-refractivity contribution >= 4 is 21.9 Å². The molecule has 11 nitrogen and oxygen atoms in total. The number of anilines is 1. The largest absolute Gasteiger partial charge is 0.488 e. The molecule has 1 saturated carbocycles. The van der Waals surface area contributed by atoms with Crippen molar-refractivity contribution in [1.82, 2.24) is 24.8 Å². The number of carbonyl (C=O) groups excluding carboxylic acids is 1. The van der Waals surface area contributed by atoms with Crippen LogP contribution in [0.15, 0.2) is 65.8 Å². The van der Waals surface area contributed by atoms with Crippen LogP contribution in [0.3, 0.4) is 0 Å². The first-order chi connectivity index (χ1) is 22.0. The van der Waals surface area contributed by atoms with Crippen LogP contribution in [0, 0.1) is 25.7 Å². The lowest BCUT2D eigenvalue weighted by atomic mass is 9.94. The van der Waals surface area contributed by atoms with Gasteiger partial charge in [0.25, 0.3) is 15.9 Å². The molecule has 46 heavy (non-hydrogen) atoms. The van der Waals surface area contributed by atoms with Crippen LogP contribution >= 0.6 is 0 Å². The van der Waals surface area contributed by atoms with Crippen LogP contribution in [-0.2, 0) is 16.6 Å². The molecule has 4 aromatic rings. The minimum absolute atomic E-state index is 0.0355. The van der Waals surface area contributed by atoms with Crippen LogP contribution < -0.4 is 14.2 Å². The molecule has 240 valence electrons. The maximum atomic E-state index is 14.3. The monoisotopic (exact) mass is 642 g/mol. The van der Waals surface area contributed by atoms with Gasteiger partial charge in [-0.05, 0) is 81.7 Å². The minimum atomic E-state index is -4.17. The zero-order valence-corrected chi connectivity index (χ0v) is 27.4. The smallest absolute Gasteiger partial charge is 0.264 e. The molecular formula is C34H38N6O5S. The van der Waals surface area contributed by atoms with Crippen molar-refractivity contribution in [2.24, 2.45) is 11.8 Å². The van der Waals surface area contributed by atoms with E-state index in [1.807, 2.05) is 45.9 Å². The molecule has 4 bridgehead atoms. The molecule has 2 atom stereocenters. The standard InChI is InChI=1S/C34H38N6O5S/c1-20(2)45-26-16-35-30(36-17-26)18-40-29(23(5)24-12-13-24)19-44-31-15-28(32-21(3)8-6-9-22(32)4)37-34(38-31)39-46(42,43)27-11-7-10-25(14-27)33(40)41/h6-11,14-17,20,23-24,29H,12-13,18-19H2,1-5H3,(H,37,38,39)/t23-,29-/m0/s1. The Hall–Kier alpha value is -4.58. The van der Waals surface area contributed by atoms with Crippen molar-refractivity contribution < 1.29 is 22.7 Å².